The predicted octanol–water partition coefficient (Wildman–Crippen LogP) is 3.53. The van der Waals surface area contributed by atoms with Gasteiger partial charge >= 0.3 is 11.7 Å². The fourth-order valence-electron chi connectivity index (χ4n) is 3.95. The second-order valence-corrected chi connectivity index (χ2v) is 8.95. The number of benzene rings is 1. The first-order valence-corrected chi connectivity index (χ1v) is 12.1. The average molecular weight is 494 g/mol. The van der Waals surface area contributed by atoms with E-state index in [4.69, 9.17) is 14.1 Å². The first-order chi connectivity index (χ1) is 17.0. The molecule has 1 aliphatic heterocycles. The van der Waals surface area contributed by atoms with Crippen molar-refractivity contribution in [1.29, 1.82) is 0 Å². The topological polar surface area (TPSA) is 120 Å². The number of thiazole rings is 1. The summed E-state index contributed by atoms with van der Waals surface area (Å²) in [7, 11) is 0. The van der Waals surface area contributed by atoms with Crippen LogP contribution in [0.15, 0.2) is 51.9 Å². The molecule has 1 N–H and O–H groups in total. The third-order valence-electron chi connectivity index (χ3n) is 5.62. The van der Waals surface area contributed by atoms with Gasteiger partial charge in [-0.15, -0.1) is 0 Å². The molecule has 10 nitrogen and oxygen atoms in total. The molecule has 1 aliphatic rings. The number of nitrogens with zero attached hydrogens (tertiary/aromatic N) is 4. The van der Waals surface area contributed by atoms with Gasteiger partial charge in [0, 0.05) is 18.8 Å². The molecule has 1 fully saturated rings. The zero-order valence-electron chi connectivity index (χ0n) is 19.0. The summed E-state index contributed by atoms with van der Waals surface area (Å²) in [5.41, 5.74) is 1.21. The smallest absolute Gasteiger partial charge is 0.349 e. The van der Waals surface area contributed by atoms with Crippen LogP contribution in [0.5, 0.6) is 0 Å². The molecule has 4 aromatic rings. The minimum Gasteiger partial charge on any atom is -0.463 e. The Balaban J connectivity index is 1.44. The molecule has 0 bridgehead atoms. The minimum atomic E-state index is -0.562. The zero-order chi connectivity index (χ0) is 24.4. The maximum absolute atomic E-state index is 13.0. The van der Waals surface area contributed by atoms with Gasteiger partial charge in [-0.25, -0.2) is 14.6 Å². The second kappa shape index (κ2) is 9.71. The van der Waals surface area contributed by atoms with Crippen LogP contribution in [0.4, 0.5) is 10.8 Å². The Kier molecular flexibility index (Phi) is 6.32. The van der Waals surface area contributed by atoms with Gasteiger partial charge in [-0.05, 0) is 56.2 Å². The molecule has 1 amide bonds. The van der Waals surface area contributed by atoms with E-state index in [2.05, 4.69) is 15.2 Å². The van der Waals surface area contributed by atoms with Crippen molar-refractivity contribution in [2.24, 2.45) is 0 Å². The number of rotatable bonds is 7. The maximum atomic E-state index is 13.0. The van der Waals surface area contributed by atoms with Gasteiger partial charge in [0.1, 0.15) is 22.6 Å². The molecule has 1 aromatic carbocycles. The Morgan fingerprint density at radius 2 is 1.91 bits per heavy atom. The molecular formula is C24H23N5O5S. The molecule has 4 heterocycles. The van der Waals surface area contributed by atoms with Crippen molar-refractivity contribution in [2.45, 2.75) is 26.3 Å². The highest BCUT2D eigenvalue weighted by molar-refractivity contribution is 7.22. The quantitative estimate of drug-likeness (QED) is 0.388. The van der Waals surface area contributed by atoms with Gasteiger partial charge in [-0.3, -0.25) is 9.36 Å². The van der Waals surface area contributed by atoms with Crippen molar-refractivity contribution in [2.75, 3.05) is 29.9 Å². The largest absolute Gasteiger partial charge is 0.463 e. The van der Waals surface area contributed by atoms with E-state index in [0.717, 1.165) is 31.1 Å². The van der Waals surface area contributed by atoms with Gasteiger partial charge in [-0.2, -0.15) is 4.98 Å². The van der Waals surface area contributed by atoms with Crippen LogP contribution in [0, 0.1) is 0 Å². The number of furan rings is 1. The van der Waals surface area contributed by atoms with Crippen molar-refractivity contribution in [1.82, 2.24) is 14.5 Å². The van der Waals surface area contributed by atoms with Crippen LogP contribution in [0.1, 0.15) is 30.1 Å². The zero-order valence-corrected chi connectivity index (χ0v) is 19.8. The number of aromatic nitrogens is 3. The van der Waals surface area contributed by atoms with Gasteiger partial charge in [-0.1, -0.05) is 11.3 Å². The van der Waals surface area contributed by atoms with Crippen LogP contribution in [-0.4, -0.2) is 46.1 Å². The third kappa shape index (κ3) is 4.67. The summed E-state index contributed by atoms with van der Waals surface area (Å²) in [5.74, 6) is -0.384. The number of nitrogens with one attached hydrogen (secondary N) is 1. The van der Waals surface area contributed by atoms with E-state index in [1.54, 1.807) is 43.3 Å². The Bertz CT molecular complexity index is 1420. The summed E-state index contributed by atoms with van der Waals surface area (Å²) in [6, 6.07) is 9.82. The number of amides is 1. The lowest BCUT2D eigenvalue weighted by Crippen LogP contribution is -2.29. The van der Waals surface area contributed by atoms with E-state index in [9.17, 15) is 14.4 Å². The molecule has 180 valence electrons. The van der Waals surface area contributed by atoms with E-state index in [-0.39, 0.29) is 13.2 Å². The minimum absolute atomic E-state index is 0.234. The van der Waals surface area contributed by atoms with Crippen molar-refractivity contribution in [3.8, 4) is 11.5 Å². The molecular weight excluding hydrogens is 470 g/mol. The van der Waals surface area contributed by atoms with Crippen molar-refractivity contribution < 1.29 is 18.7 Å². The highest BCUT2D eigenvalue weighted by atomic mass is 32.1. The molecule has 0 saturated carbocycles. The van der Waals surface area contributed by atoms with Gasteiger partial charge in [0.15, 0.2) is 10.9 Å². The molecule has 0 radical (unpaired) electrons. The van der Waals surface area contributed by atoms with E-state index in [0.29, 0.717) is 33.1 Å². The number of carbonyl (C=O) groups excluding carboxylic acids is 2. The number of anilines is 2. The van der Waals surface area contributed by atoms with Gasteiger partial charge in [0.05, 0.1) is 18.4 Å². The highest BCUT2D eigenvalue weighted by Crippen LogP contribution is 2.34. The number of fused-ring (bicyclic) bond motifs is 1. The standard InChI is InChI=1S/C24H23N5O5S/c1-2-33-22(31)15-7-9-16(10-8-15)25-18(30)14-29-21-20(27-24(35-21)28-11-3-4-12-28)19(26-23(29)32)17-6-5-13-34-17/h5-10,13H,2-4,11-12,14H2,1H3,(H,25,30). The van der Waals surface area contributed by atoms with Crippen LogP contribution in [0.25, 0.3) is 21.8 Å². The summed E-state index contributed by atoms with van der Waals surface area (Å²) in [6.45, 7) is 3.58. The number of hydrogen-bond donors (Lipinski definition) is 1. The average Bonchev–Trinajstić information content (AvgIpc) is 3.62. The molecule has 3 aromatic heterocycles. The molecule has 0 spiro atoms. The first kappa shape index (κ1) is 22.8. The Morgan fingerprint density at radius 3 is 2.60 bits per heavy atom. The van der Waals surface area contributed by atoms with Gasteiger partial charge in [0.25, 0.3) is 0 Å². The molecule has 0 atom stereocenters. The van der Waals surface area contributed by atoms with E-state index >= 15 is 0 Å². The summed E-state index contributed by atoms with van der Waals surface area (Å²) in [4.78, 5) is 49.4. The van der Waals surface area contributed by atoms with Crippen molar-refractivity contribution in [3.05, 3.63) is 58.7 Å². The monoisotopic (exact) mass is 493 g/mol. The van der Waals surface area contributed by atoms with Crippen molar-refractivity contribution >= 4 is 44.4 Å². The van der Waals surface area contributed by atoms with E-state index < -0.39 is 17.6 Å². The summed E-state index contributed by atoms with van der Waals surface area (Å²) in [5, 5.41) is 3.55. The van der Waals surface area contributed by atoms with E-state index in [1.165, 1.54) is 22.2 Å². The number of hydrogen-bond acceptors (Lipinski definition) is 9. The van der Waals surface area contributed by atoms with Crippen LogP contribution in [0.3, 0.4) is 0 Å². The molecule has 0 unspecified atom stereocenters. The lowest BCUT2D eigenvalue weighted by Gasteiger charge is -2.11. The Morgan fingerprint density at radius 1 is 1.14 bits per heavy atom. The fraction of sp³-hybridized carbons (Fsp3) is 0.292. The second-order valence-electron chi connectivity index (χ2n) is 8.00. The van der Waals surface area contributed by atoms with Crippen LogP contribution in [0.2, 0.25) is 0 Å². The Hall–Kier alpha value is -3.99. The van der Waals surface area contributed by atoms with Crippen LogP contribution >= 0.6 is 11.3 Å². The lowest BCUT2D eigenvalue weighted by molar-refractivity contribution is -0.116. The summed E-state index contributed by atoms with van der Waals surface area (Å²) < 4.78 is 11.8. The molecule has 5 rings (SSSR count). The number of esters is 1. The van der Waals surface area contributed by atoms with Crippen molar-refractivity contribution in [3.63, 3.8) is 0 Å². The molecule has 0 aliphatic carbocycles. The third-order valence-corrected chi connectivity index (χ3v) is 6.76. The fourth-order valence-corrected chi connectivity index (χ4v) is 5.06. The normalized spacial score (nSPS) is 13.3. The summed E-state index contributed by atoms with van der Waals surface area (Å²) >= 11 is 1.37. The SMILES string of the molecule is CCOC(=O)c1ccc(NC(=O)Cn2c(=O)nc(-c3ccco3)c3nc(N4CCCC4)sc32)cc1. The molecule has 11 heteroatoms. The Labute approximate surface area is 204 Å². The molecule has 35 heavy (non-hydrogen) atoms. The number of carbonyl (C=O) groups is 2. The summed E-state index contributed by atoms with van der Waals surface area (Å²) in [6.07, 6.45) is 3.69. The van der Waals surface area contributed by atoms with Crippen LogP contribution in [-0.2, 0) is 16.1 Å². The highest BCUT2D eigenvalue weighted by Gasteiger charge is 2.23. The van der Waals surface area contributed by atoms with Gasteiger partial charge < -0.3 is 19.4 Å². The predicted molar refractivity (Wildman–Crippen MR) is 132 cm³/mol. The van der Waals surface area contributed by atoms with Gasteiger partial charge in [0.2, 0.25) is 5.91 Å². The lowest BCUT2D eigenvalue weighted by atomic mass is 10.2. The molecule has 1 saturated heterocycles. The van der Waals surface area contributed by atoms with E-state index in [1.807, 2.05) is 0 Å². The number of ether oxygens (including phenoxy) is 1. The van der Waals surface area contributed by atoms with Crippen LogP contribution < -0.4 is 15.9 Å². The maximum Gasteiger partial charge on any atom is 0.349 e. The first-order valence-electron chi connectivity index (χ1n) is 11.3.